The van der Waals surface area contributed by atoms with Crippen molar-refractivity contribution >= 4 is 17.5 Å². The average molecular weight is 258 g/mol. The molecule has 1 aromatic carbocycles. The van der Waals surface area contributed by atoms with Gasteiger partial charge < -0.3 is 15.5 Å². The molecule has 1 atom stereocenters. The van der Waals surface area contributed by atoms with E-state index in [1.165, 1.54) is 6.92 Å². The van der Waals surface area contributed by atoms with Crippen molar-refractivity contribution in [1.29, 1.82) is 0 Å². The SMILES string of the molecule is Cc1ccc(C(=O)NCC(C)(O)CO)c(Cl)c1. The Morgan fingerprint density at radius 2 is 2.18 bits per heavy atom. The fourth-order valence-corrected chi connectivity index (χ4v) is 1.55. The van der Waals surface area contributed by atoms with Gasteiger partial charge in [0.2, 0.25) is 0 Å². The predicted molar refractivity (Wildman–Crippen MR) is 66.2 cm³/mol. The van der Waals surface area contributed by atoms with Crippen LogP contribution in [0.1, 0.15) is 22.8 Å². The average Bonchev–Trinajstić information content (AvgIpc) is 2.26. The van der Waals surface area contributed by atoms with Gasteiger partial charge in [0.05, 0.1) is 17.2 Å². The van der Waals surface area contributed by atoms with Gasteiger partial charge in [0.15, 0.2) is 0 Å². The number of carbonyl (C=O) groups is 1. The minimum Gasteiger partial charge on any atom is -0.393 e. The van der Waals surface area contributed by atoms with Gasteiger partial charge in [0.1, 0.15) is 5.60 Å². The number of nitrogens with one attached hydrogen (secondary N) is 1. The van der Waals surface area contributed by atoms with E-state index in [2.05, 4.69) is 5.32 Å². The largest absolute Gasteiger partial charge is 0.393 e. The summed E-state index contributed by atoms with van der Waals surface area (Å²) < 4.78 is 0. The van der Waals surface area contributed by atoms with E-state index < -0.39 is 12.2 Å². The summed E-state index contributed by atoms with van der Waals surface area (Å²) in [6.07, 6.45) is 0. The molecule has 0 aliphatic carbocycles. The highest BCUT2D eigenvalue weighted by atomic mass is 35.5. The highest BCUT2D eigenvalue weighted by Crippen LogP contribution is 2.17. The van der Waals surface area contributed by atoms with Gasteiger partial charge in [-0.2, -0.15) is 0 Å². The molecule has 1 unspecified atom stereocenters. The number of carbonyl (C=O) groups excluding carboxylic acids is 1. The van der Waals surface area contributed by atoms with Crippen LogP contribution in [0.5, 0.6) is 0 Å². The fraction of sp³-hybridized carbons (Fsp3) is 0.417. The van der Waals surface area contributed by atoms with Gasteiger partial charge >= 0.3 is 0 Å². The summed E-state index contributed by atoms with van der Waals surface area (Å²) in [6.45, 7) is 2.86. The number of aliphatic hydroxyl groups is 2. The molecule has 4 nitrogen and oxygen atoms in total. The zero-order valence-electron chi connectivity index (χ0n) is 9.83. The van der Waals surface area contributed by atoms with E-state index >= 15 is 0 Å². The minimum absolute atomic E-state index is 0.0352. The third-order valence-electron chi connectivity index (χ3n) is 2.34. The van der Waals surface area contributed by atoms with E-state index in [4.69, 9.17) is 16.7 Å². The zero-order chi connectivity index (χ0) is 13.1. The third-order valence-corrected chi connectivity index (χ3v) is 2.65. The van der Waals surface area contributed by atoms with Crippen molar-refractivity contribution in [1.82, 2.24) is 5.32 Å². The number of halogens is 1. The summed E-state index contributed by atoms with van der Waals surface area (Å²) in [6, 6.07) is 5.10. The lowest BCUT2D eigenvalue weighted by Gasteiger charge is -2.20. The first-order chi connectivity index (χ1) is 7.85. The first-order valence-corrected chi connectivity index (χ1v) is 5.61. The van der Waals surface area contributed by atoms with Crippen molar-refractivity contribution in [3.05, 3.63) is 34.3 Å². The molecule has 0 bridgehead atoms. The van der Waals surface area contributed by atoms with E-state index in [0.29, 0.717) is 10.6 Å². The molecule has 1 amide bonds. The van der Waals surface area contributed by atoms with Crippen LogP contribution in [0.4, 0.5) is 0 Å². The van der Waals surface area contributed by atoms with Gasteiger partial charge in [-0.1, -0.05) is 17.7 Å². The van der Waals surface area contributed by atoms with E-state index in [1.807, 2.05) is 6.92 Å². The predicted octanol–water partition coefficient (Wildman–Crippen LogP) is 1.12. The Hall–Kier alpha value is -1.10. The van der Waals surface area contributed by atoms with Crippen molar-refractivity contribution in [3.8, 4) is 0 Å². The van der Waals surface area contributed by atoms with Gasteiger partial charge in [-0.05, 0) is 31.5 Å². The molecule has 0 spiro atoms. The monoisotopic (exact) mass is 257 g/mol. The number of hydrogen-bond donors (Lipinski definition) is 3. The first kappa shape index (κ1) is 14.0. The molecule has 0 aliphatic heterocycles. The molecule has 1 rings (SSSR count). The van der Waals surface area contributed by atoms with Crippen molar-refractivity contribution in [2.75, 3.05) is 13.2 Å². The molecule has 94 valence electrons. The topological polar surface area (TPSA) is 69.6 Å². The highest BCUT2D eigenvalue weighted by Gasteiger charge is 2.20. The third kappa shape index (κ3) is 4.00. The number of aliphatic hydroxyl groups excluding tert-OH is 1. The lowest BCUT2D eigenvalue weighted by atomic mass is 10.1. The molecule has 0 radical (unpaired) electrons. The maximum atomic E-state index is 11.8. The molecule has 5 heteroatoms. The van der Waals surface area contributed by atoms with Crippen molar-refractivity contribution in [2.24, 2.45) is 0 Å². The maximum absolute atomic E-state index is 11.8. The van der Waals surface area contributed by atoms with Gasteiger partial charge in [0, 0.05) is 6.54 Å². The van der Waals surface area contributed by atoms with Crippen LogP contribution in [0, 0.1) is 6.92 Å². The molecular weight excluding hydrogens is 242 g/mol. The van der Waals surface area contributed by atoms with Crippen LogP contribution in [-0.2, 0) is 0 Å². The Morgan fingerprint density at radius 1 is 1.53 bits per heavy atom. The Kier molecular flexibility index (Phi) is 4.51. The van der Waals surface area contributed by atoms with Crippen LogP contribution < -0.4 is 5.32 Å². The molecule has 17 heavy (non-hydrogen) atoms. The molecule has 0 heterocycles. The molecule has 1 aromatic rings. The minimum atomic E-state index is -1.33. The van der Waals surface area contributed by atoms with Crippen molar-refractivity contribution < 1.29 is 15.0 Å². The molecule has 0 aromatic heterocycles. The summed E-state index contributed by atoms with van der Waals surface area (Å²) in [5, 5.41) is 21.3. The summed E-state index contributed by atoms with van der Waals surface area (Å²) >= 11 is 5.94. The van der Waals surface area contributed by atoms with Crippen LogP contribution in [0.25, 0.3) is 0 Å². The zero-order valence-corrected chi connectivity index (χ0v) is 10.6. The normalized spacial score (nSPS) is 14.2. The van der Waals surface area contributed by atoms with Crippen LogP contribution in [0.3, 0.4) is 0 Å². The summed E-state index contributed by atoms with van der Waals surface area (Å²) in [4.78, 5) is 11.8. The number of rotatable bonds is 4. The van der Waals surface area contributed by atoms with Crippen molar-refractivity contribution in [2.45, 2.75) is 19.4 Å². The van der Waals surface area contributed by atoms with Gasteiger partial charge in [-0.15, -0.1) is 0 Å². The van der Waals surface area contributed by atoms with E-state index in [-0.39, 0.29) is 12.5 Å². The highest BCUT2D eigenvalue weighted by molar-refractivity contribution is 6.33. The van der Waals surface area contributed by atoms with Gasteiger partial charge in [-0.25, -0.2) is 0 Å². The molecule has 0 fully saturated rings. The summed E-state index contributed by atoms with van der Waals surface area (Å²) in [7, 11) is 0. The van der Waals surface area contributed by atoms with E-state index in [0.717, 1.165) is 5.56 Å². The Labute approximate surface area is 105 Å². The smallest absolute Gasteiger partial charge is 0.252 e. The Morgan fingerprint density at radius 3 is 2.71 bits per heavy atom. The van der Waals surface area contributed by atoms with Crippen molar-refractivity contribution in [3.63, 3.8) is 0 Å². The number of amides is 1. The number of benzene rings is 1. The maximum Gasteiger partial charge on any atom is 0.252 e. The molecule has 0 saturated heterocycles. The van der Waals surface area contributed by atoms with Crippen LogP contribution in [0.15, 0.2) is 18.2 Å². The molecule has 0 saturated carbocycles. The second kappa shape index (κ2) is 5.49. The van der Waals surface area contributed by atoms with Crippen LogP contribution >= 0.6 is 11.6 Å². The lowest BCUT2D eigenvalue weighted by Crippen LogP contribution is -2.43. The second-order valence-electron chi connectivity index (χ2n) is 4.32. The quantitative estimate of drug-likeness (QED) is 0.757. The Balaban J connectivity index is 2.71. The van der Waals surface area contributed by atoms with Crippen LogP contribution in [-0.4, -0.2) is 34.9 Å². The number of hydrogen-bond acceptors (Lipinski definition) is 3. The summed E-state index contributed by atoms with van der Waals surface area (Å²) in [5.74, 6) is -0.372. The lowest BCUT2D eigenvalue weighted by molar-refractivity contribution is 0.00320. The van der Waals surface area contributed by atoms with Gasteiger partial charge in [0.25, 0.3) is 5.91 Å². The standard InChI is InChI=1S/C12H16ClNO3/c1-8-3-4-9(10(13)5-8)11(16)14-6-12(2,17)7-15/h3-5,15,17H,6-7H2,1-2H3,(H,14,16). The first-order valence-electron chi connectivity index (χ1n) is 5.23. The second-order valence-corrected chi connectivity index (χ2v) is 4.73. The molecule has 0 aliphatic rings. The summed E-state index contributed by atoms with van der Waals surface area (Å²) in [5.41, 5.74) is -0.00719. The van der Waals surface area contributed by atoms with Gasteiger partial charge in [-0.3, -0.25) is 4.79 Å². The molecule has 3 N–H and O–H groups in total. The molecular formula is C12H16ClNO3. The number of aryl methyl sites for hydroxylation is 1. The van der Waals surface area contributed by atoms with E-state index in [1.54, 1.807) is 18.2 Å². The Bertz CT molecular complexity index is 418. The van der Waals surface area contributed by atoms with Crippen LogP contribution in [0.2, 0.25) is 5.02 Å². The van der Waals surface area contributed by atoms with E-state index in [9.17, 15) is 9.90 Å². The fourth-order valence-electron chi connectivity index (χ4n) is 1.23.